The smallest absolute Gasteiger partial charge is 0.407 e. The van der Waals surface area contributed by atoms with Crippen LogP contribution in [0.5, 0.6) is 5.75 Å². The molecule has 1 saturated heterocycles. The Balaban J connectivity index is 0.000000437. The molecule has 0 aromatic heterocycles. The van der Waals surface area contributed by atoms with Crippen molar-refractivity contribution >= 4 is 12.6 Å². The molecule has 3 aromatic carbocycles. The molecule has 0 amide bonds. The van der Waals surface area contributed by atoms with Crippen LogP contribution in [0.25, 0.3) is 0 Å². The Kier molecular flexibility index (Phi) is 9.72. The normalized spacial score (nSPS) is 15.6. The molecule has 1 fully saturated rings. The zero-order valence-corrected chi connectivity index (χ0v) is 18.3. The summed E-state index contributed by atoms with van der Waals surface area (Å²) in [5.74, 6) is 0.904. The van der Waals surface area contributed by atoms with Crippen molar-refractivity contribution in [1.29, 1.82) is 0 Å². The summed E-state index contributed by atoms with van der Waals surface area (Å²) >= 11 is 0. The summed E-state index contributed by atoms with van der Waals surface area (Å²) in [7, 11) is 3.84. The molecule has 3 aromatic rings. The molecule has 0 saturated carbocycles. The summed E-state index contributed by atoms with van der Waals surface area (Å²) in [6, 6.07) is 24.3. The minimum absolute atomic E-state index is 0. The van der Waals surface area contributed by atoms with Crippen LogP contribution in [0.15, 0.2) is 72.8 Å². The second-order valence-electron chi connectivity index (χ2n) is 7.21. The molecule has 0 bridgehead atoms. The molecule has 1 heterocycles. The molecule has 4 rings (SSSR count). The largest absolute Gasteiger partial charge is 0.491 e. The number of ether oxygens (including phenoxy) is 1. The molecule has 0 aliphatic carbocycles. The van der Waals surface area contributed by atoms with E-state index in [1.54, 1.807) is 0 Å². The van der Waals surface area contributed by atoms with Gasteiger partial charge in [-0.1, -0.05) is 18.2 Å². The zero-order valence-electron chi connectivity index (χ0n) is 17.2. The van der Waals surface area contributed by atoms with E-state index in [4.69, 9.17) is 14.0 Å². The van der Waals surface area contributed by atoms with E-state index in [1.165, 1.54) is 5.56 Å². The Bertz CT molecular complexity index is 802. The number of para-hydroxylation sites is 1. The molecule has 29 heavy (non-hydrogen) atoms. The van der Waals surface area contributed by atoms with Gasteiger partial charge in [-0.25, -0.2) is 18.2 Å². The summed E-state index contributed by atoms with van der Waals surface area (Å²) < 4.78 is 17.7. The maximum absolute atomic E-state index is 6.02. The van der Waals surface area contributed by atoms with Crippen molar-refractivity contribution in [1.82, 2.24) is 4.90 Å². The van der Waals surface area contributed by atoms with Crippen molar-refractivity contribution in [3.63, 3.8) is 0 Å². The second kappa shape index (κ2) is 12.0. The van der Waals surface area contributed by atoms with Crippen LogP contribution < -0.4 is 10.2 Å². The summed E-state index contributed by atoms with van der Waals surface area (Å²) in [5, 5.41) is 0. The quantitative estimate of drug-likeness (QED) is 0.441. The van der Waals surface area contributed by atoms with Crippen molar-refractivity contribution in [2.45, 2.75) is 19.6 Å². The fourth-order valence-electron chi connectivity index (χ4n) is 3.11. The first-order valence-electron chi connectivity index (χ1n) is 9.65. The first kappa shape index (κ1) is 23.5. The number of hydrogen-bond acceptors (Lipinski definition) is 4. The Labute approximate surface area is 185 Å². The summed E-state index contributed by atoms with van der Waals surface area (Å²) in [4.78, 5) is 2.15. The van der Waals surface area contributed by atoms with Crippen LogP contribution in [0, 0.1) is 6.92 Å². The van der Waals surface area contributed by atoms with Gasteiger partial charge >= 0.3 is 7.12 Å². The van der Waals surface area contributed by atoms with Gasteiger partial charge in [-0.15, -0.1) is 0 Å². The Hall–Kier alpha value is -1.82. The van der Waals surface area contributed by atoms with Crippen LogP contribution in [0.2, 0.25) is 0 Å². The van der Waals surface area contributed by atoms with Gasteiger partial charge in [-0.05, 0) is 39.2 Å². The van der Waals surface area contributed by atoms with Gasteiger partial charge < -0.3 is 18.9 Å². The van der Waals surface area contributed by atoms with E-state index in [-0.39, 0.29) is 30.3 Å². The SMILES string of the molecule is Cc1ccccc1OC[C@@H]1COB(c2cc[cH-]c2CN(C)C)O1.[Fe].c1cc[cH-]c1. The molecule has 0 spiro atoms. The van der Waals surface area contributed by atoms with E-state index < -0.39 is 0 Å². The van der Waals surface area contributed by atoms with Crippen molar-refractivity contribution in [2.75, 3.05) is 27.3 Å². The molecule has 0 unspecified atom stereocenters. The molecular weight excluding hydrogens is 405 g/mol. The summed E-state index contributed by atoms with van der Waals surface area (Å²) in [5.41, 5.74) is 3.50. The standard InChI is InChI=1S/C18H23BNO3.C5H5.Fe/c1-14-7-4-5-10-18(14)21-12-16-13-22-19(23-16)17-9-6-8-15(17)11-20(2)3;1-2-4-5-3-1;/h4-10,16H,11-13H2,1-3H3;1-5H;/q2*-1;/t16-;;/m1../s1. The van der Waals surface area contributed by atoms with E-state index in [0.717, 1.165) is 23.3 Å². The molecule has 0 radical (unpaired) electrons. The number of aryl methyl sites for hydroxylation is 1. The van der Waals surface area contributed by atoms with Crippen molar-refractivity contribution in [3.05, 3.63) is 83.9 Å². The maximum Gasteiger partial charge on any atom is 0.407 e. The van der Waals surface area contributed by atoms with E-state index in [0.29, 0.717) is 13.2 Å². The summed E-state index contributed by atoms with van der Waals surface area (Å²) in [6.07, 6.45) is -0.0401. The van der Waals surface area contributed by atoms with Crippen LogP contribution >= 0.6 is 0 Å². The fraction of sp³-hybridized carbons (Fsp3) is 0.304. The molecule has 4 nitrogen and oxygen atoms in total. The minimum atomic E-state index is -0.287. The molecule has 156 valence electrons. The van der Waals surface area contributed by atoms with Gasteiger partial charge in [0, 0.05) is 17.1 Å². The van der Waals surface area contributed by atoms with E-state index >= 15 is 0 Å². The third-order valence-corrected chi connectivity index (χ3v) is 4.51. The topological polar surface area (TPSA) is 30.9 Å². The van der Waals surface area contributed by atoms with Gasteiger partial charge in [0.15, 0.2) is 0 Å². The van der Waals surface area contributed by atoms with Crippen LogP contribution in [0.3, 0.4) is 0 Å². The third-order valence-electron chi connectivity index (χ3n) is 4.51. The predicted molar refractivity (Wildman–Crippen MR) is 114 cm³/mol. The number of nitrogens with zero attached hydrogens (tertiary/aromatic N) is 1. The van der Waals surface area contributed by atoms with Crippen molar-refractivity contribution in [2.24, 2.45) is 0 Å². The average molecular weight is 433 g/mol. The predicted octanol–water partition coefficient (Wildman–Crippen LogP) is 3.37. The monoisotopic (exact) mass is 433 g/mol. The fourth-order valence-corrected chi connectivity index (χ4v) is 3.11. The number of benzene rings is 1. The Morgan fingerprint density at radius 2 is 1.86 bits per heavy atom. The van der Waals surface area contributed by atoms with Crippen molar-refractivity contribution in [3.8, 4) is 5.75 Å². The van der Waals surface area contributed by atoms with Crippen LogP contribution in [-0.2, 0) is 32.9 Å². The first-order chi connectivity index (χ1) is 13.6. The van der Waals surface area contributed by atoms with Gasteiger partial charge in [-0.3, -0.25) is 0 Å². The molecule has 6 heteroatoms. The van der Waals surface area contributed by atoms with Crippen LogP contribution in [0.4, 0.5) is 0 Å². The van der Waals surface area contributed by atoms with Gasteiger partial charge in [0.2, 0.25) is 0 Å². The first-order valence-corrected chi connectivity index (χ1v) is 9.65. The molecular formula is C23H28BFeNO3-2. The van der Waals surface area contributed by atoms with Crippen LogP contribution in [-0.4, -0.2) is 45.4 Å². The zero-order chi connectivity index (χ0) is 19.8. The molecule has 1 aliphatic heterocycles. The summed E-state index contributed by atoms with van der Waals surface area (Å²) in [6.45, 7) is 3.99. The third kappa shape index (κ3) is 7.18. The molecule has 0 N–H and O–H groups in total. The van der Waals surface area contributed by atoms with Gasteiger partial charge in [0.05, 0.1) is 12.7 Å². The van der Waals surface area contributed by atoms with Crippen LogP contribution in [0.1, 0.15) is 11.1 Å². The van der Waals surface area contributed by atoms with E-state index in [2.05, 4.69) is 37.2 Å². The van der Waals surface area contributed by atoms with Crippen molar-refractivity contribution < 1.29 is 31.1 Å². The minimum Gasteiger partial charge on any atom is -0.491 e. The Morgan fingerprint density at radius 3 is 2.52 bits per heavy atom. The number of rotatable bonds is 6. The second-order valence-corrected chi connectivity index (χ2v) is 7.21. The molecule has 1 atom stereocenters. The van der Waals surface area contributed by atoms with E-state index in [1.807, 2.05) is 61.5 Å². The van der Waals surface area contributed by atoms with Gasteiger partial charge in [0.25, 0.3) is 0 Å². The maximum atomic E-state index is 6.02. The number of hydrogen-bond donors (Lipinski definition) is 0. The Morgan fingerprint density at radius 1 is 1.10 bits per heavy atom. The molecule has 1 aliphatic rings. The average Bonchev–Trinajstić information content (AvgIpc) is 3.44. The van der Waals surface area contributed by atoms with Gasteiger partial charge in [0.1, 0.15) is 12.4 Å². The van der Waals surface area contributed by atoms with Gasteiger partial charge in [-0.2, -0.15) is 41.4 Å². The van der Waals surface area contributed by atoms with E-state index in [9.17, 15) is 0 Å².